The summed E-state index contributed by atoms with van der Waals surface area (Å²) < 4.78 is 39.5. The zero-order valence-corrected chi connectivity index (χ0v) is 14.1. The average molecular weight is 380 g/mol. The van der Waals surface area contributed by atoms with Crippen molar-refractivity contribution in [3.8, 4) is 5.69 Å². The third kappa shape index (κ3) is 3.70. The maximum Gasteiger partial charge on any atom is 0.435 e. The number of nitrogens with zero attached hydrogens (tertiary/aromatic N) is 3. The molecule has 1 aliphatic rings. The van der Waals surface area contributed by atoms with Gasteiger partial charge in [-0.2, -0.15) is 18.3 Å². The third-order valence-electron chi connectivity index (χ3n) is 3.90. The molecule has 7 nitrogen and oxygen atoms in total. The summed E-state index contributed by atoms with van der Waals surface area (Å²) in [6, 6.07) is 7.13. The largest absolute Gasteiger partial charge is 0.435 e. The van der Waals surface area contributed by atoms with E-state index in [0.717, 1.165) is 17.0 Å². The number of aromatic nitrogens is 2. The Labute approximate surface area is 151 Å². The van der Waals surface area contributed by atoms with Crippen LogP contribution >= 0.6 is 0 Å². The number of hydrogen-bond acceptors (Lipinski definition) is 5. The molecule has 3 rings (SSSR count). The molecule has 0 atom stereocenters. The van der Waals surface area contributed by atoms with E-state index in [-0.39, 0.29) is 18.8 Å². The fraction of sp³-hybridized carbons (Fsp3) is 0.235. The first-order valence-electron chi connectivity index (χ1n) is 7.90. The van der Waals surface area contributed by atoms with Crippen LogP contribution in [0.15, 0.2) is 42.1 Å². The first-order valence-corrected chi connectivity index (χ1v) is 7.90. The number of halogens is 3. The van der Waals surface area contributed by atoms with E-state index in [4.69, 9.17) is 5.11 Å². The van der Waals surface area contributed by atoms with Crippen LogP contribution in [-0.2, 0) is 15.8 Å². The summed E-state index contributed by atoms with van der Waals surface area (Å²) in [5.74, 6) is -1.09. The van der Waals surface area contributed by atoms with E-state index >= 15 is 0 Å². The van der Waals surface area contributed by atoms with Crippen LogP contribution in [-0.4, -0.2) is 44.8 Å². The lowest BCUT2D eigenvalue weighted by Gasteiger charge is -2.13. The van der Waals surface area contributed by atoms with Crippen LogP contribution in [0.25, 0.3) is 5.69 Å². The number of aliphatic hydroxyl groups excluding tert-OH is 1. The van der Waals surface area contributed by atoms with Crippen molar-refractivity contribution in [2.45, 2.75) is 13.1 Å². The van der Waals surface area contributed by atoms with Crippen LogP contribution in [0.4, 0.5) is 18.9 Å². The monoisotopic (exact) mass is 380 g/mol. The van der Waals surface area contributed by atoms with E-state index in [0.29, 0.717) is 17.1 Å². The summed E-state index contributed by atoms with van der Waals surface area (Å²) in [6.07, 6.45) is -3.40. The Morgan fingerprint density at radius 1 is 1.19 bits per heavy atom. The highest BCUT2D eigenvalue weighted by molar-refractivity contribution is 6.17. The van der Waals surface area contributed by atoms with Crippen LogP contribution < -0.4 is 5.32 Å². The zero-order valence-electron chi connectivity index (χ0n) is 14.1. The quantitative estimate of drug-likeness (QED) is 0.774. The number of carbonyl (C=O) groups excluding carboxylic acids is 2. The fourth-order valence-corrected chi connectivity index (χ4v) is 2.63. The van der Waals surface area contributed by atoms with Gasteiger partial charge < -0.3 is 10.4 Å². The Morgan fingerprint density at radius 3 is 2.41 bits per heavy atom. The van der Waals surface area contributed by atoms with E-state index in [1.54, 1.807) is 12.1 Å². The van der Waals surface area contributed by atoms with E-state index in [1.807, 2.05) is 0 Å². The molecule has 1 aromatic carbocycles. The second-order valence-electron chi connectivity index (χ2n) is 5.83. The minimum absolute atomic E-state index is 0.0517. The van der Waals surface area contributed by atoms with Crippen molar-refractivity contribution in [1.29, 1.82) is 0 Å². The molecule has 0 saturated carbocycles. The minimum atomic E-state index is -4.53. The van der Waals surface area contributed by atoms with Gasteiger partial charge in [0.25, 0.3) is 11.8 Å². The zero-order chi connectivity index (χ0) is 19.8. The van der Waals surface area contributed by atoms with Gasteiger partial charge in [-0.25, -0.2) is 4.68 Å². The Kier molecular flexibility index (Phi) is 4.75. The lowest BCUT2D eigenvalue weighted by molar-refractivity contribution is -0.141. The van der Waals surface area contributed by atoms with Crippen LogP contribution in [0, 0.1) is 6.92 Å². The smallest absolute Gasteiger partial charge is 0.395 e. The molecule has 27 heavy (non-hydrogen) atoms. The summed E-state index contributed by atoms with van der Waals surface area (Å²) in [5.41, 5.74) is 0.278. The second kappa shape index (κ2) is 6.88. The van der Waals surface area contributed by atoms with E-state index in [2.05, 4.69) is 10.4 Å². The Morgan fingerprint density at radius 2 is 1.85 bits per heavy atom. The molecule has 2 N–H and O–H groups in total. The lowest BCUT2D eigenvalue weighted by Crippen LogP contribution is -2.34. The molecule has 0 unspecified atom stereocenters. The Hall–Kier alpha value is -3.14. The lowest BCUT2D eigenvalue weighted by atomic mass is 10.2. The molecule has 142 valence electrons. The molecule has 0 radical (unpaired) electrons. The van der Waals surface area contributed by atoms with Gasteiger partial charge in [0.1, 0.15) is 5.70 Å². The molecule has 2 aromatic rings. The van der Waals surface area contributed by atoms with Gasteiger partial charge in [-0.05, 0) is 37.3 Å². The molecule has 0 fully saturated rings. The highest BCUT2D eigenvalue weighted by Crippen LogP contribution is 2.29. The average Bonchev–Trinajstić information content (AvgIpc) is 3.11. The summed E-state index contributed by atoms with van der Waals surface area (Å²) in [4.78, 5) is 24.7. The van der Waals surface area contributed by atoms with Gasteiger partial charge in [0, 0.05) is 17.5 Å². The molecular weight excluding hydrogens is 365 g/mol. The molecule has 1 aromatic heterocycles. The normalized spacial score (nSPS) is 14.7. The van der Waals surface area contributed by atoms with Gasteiger partial charge in [0.05, 0.1) is 18.8 Å². The summed E-state index contributed by atoms with van der Waals surface area (Å²) in [5, 5.41) is 15.2. The first kappa shape index (κ1) is 18.6. The van der Waals surface area contributed by atoms with Crippen LogP contribution in [0.2, 0.25) is 0 Å². The van der Waals surface area contributed by atoms with Gasteiger partial charge in [-0.3, -0.25) is 14.5 Å². The maximum absolute atomic E-state index is 12.8. The van der Waals surface area contributed by atoms with Gasteiger partial charge in [0.15, 0.2) is 5.69 Å². The highest BCUT2D eigenvalue weighted by Gasteiger charge is 2.34. The third-order valence-corrected chi connectivity index (χ3v) is 3.90. The predicted molar refractivity (Wildman–Crippen MR) is 88.8 cm³/mol. The van der Waals surface area contributed by atoms with E-state index < -0.39 is 23.7 Å². The van der Waals surface area contributed by atoms with Crippen molar-refractivity contribution in [3.63, 3.8) is 0 Å². The first-order chi connectivity index (χ1) is 12.7. The highest BCUT2D eigenvalue weighted by atomic mass is 19.4. The number of aliphatic hydroxyl groups is 1. The van der Waals surface area contributed by atoms with Crippen LogP contribution in [0.5, 0.6) is 0 Å². The number of amides is 2. The SMILES string of the molecule is Cc1cc(C(F)(F)F)nn1-c1ccc(NC2=CC(=O)N(CCO)C2=O)cc1. The van der Waals surface area contributed by atoms with Gasteiger partial charge in [-0.15, -0.1) is 0 Å². The number of aryl methyl sites for hydroxylation is 1. The van der Waals surface area contributed by atoms with E-state index in [9.17, 15) is 22.8 Å². The topological polar surface area (TPSA) is 87.5 Å². The summed E-state index contributed by atoms with van der Waals surface area (Å²) in [6.45, 7) is 1.08. The molecule has 10 heteroatoms. The van der Waals surface area contributed by atoms with Gasteiger partial charge >= 0.3 is 6.18 Å². The number of benzene rings is 1. The summed E-state index contributed by atoms with van der Waals surface area (Å²) in [7, 11) is 0. The van der Waals surface area contributed by atoms with Crippen LogP contribution in [0.3, 0.4) is 0 Å². The van der Waals surface area contributed by atoms with Crippen LogP contribution in [0.1, 0.15) is 11.4 Å². The van der Waals surface area contributed by atoms with Crippen molar-refractivity contribution < 1.29 is 27.9 Å². The number of nitrogens with one attached hydrogen (secondary N) is 1. The minimum Gasteiger partial charge on any atom is -0.395 e. The molecule has 0 aliphatic carbocycles. The number of imide groups is 1. The molecule has 2 amide bonds. The van der Waals surface area contributed by atoms with Gasteiger partial charge in [0.2, 0.25) is 0 Å². The standard InChI is InChI=1S/C17H15F3N4O3/c1-10-8-14(17(18,19)20)22-24(10)12-4-2-11(3-5-12)21-13-9-15(26)23(6-7-25)16(13)27/h2-5,8-9,21,25H,6-7H2,1H3. The maximum atomic E-state index is 12.8. The second-order valence-corrected chi connectivity index (χ2v) is 5.83. The van der Waals surface area contributed by atoms with Crippen molar-refractivity contribution in [2.75, 3.05) is 18.5 Å². The Balaban J connectivity index is 1.77. The van der Waals surface area contributed by atoms with E-state index in [1.165, 1.54) is 23.7 Å². The molecular formula is C17H15F3N4O3. The van der Waals surface area contributed by atoms with Crippen molar-refractivity contribution in [2.24, 2.45) is 0 Å². The Bertz CT molecular complexity index is 916. The van der Waals surface area contributed by atoms with Crippen molar-refractivity contribution in [3.05, 3.63) is 53.5 Å². The van der Waals surface area contributed by atoms with Crippen molar-refractivity contribution in [1.82, 2.24) is 14.7 Å². The number of β-amino-alcohol motifs (C(OH)–C–C–N with tert-alkyl or cyclic N) is 1. The molecule has 0 saturated heterocycles. The number of alkyl halides is 3. The van der Waals surface area contributed by atoms with Gasteiger partial charge in [-0.1, -0.05) is 0 Å². The number of rotatable bonds is 5. The predicted octanol–water partition coefficient (Wildman–Crippen LogP) is 1.86. The number of hydrogen-bond donors (Lipinski definition) is 2. The number of carbonyl (C=O) groups is 2. The number of anilines is 1. The fourth-order valence-electron chi connectivity index (χ4n) is 2.63. The molecule has 0 bridgehead atoms. The molecule has 0 spiro atoms. The molecule has 2 heterocycles. The van der Waals surface area contributed by atoms with Crippen molar-refractivity contribution >= 4 is 17.5 Å². The summed E-state index contributed by atoms with van der Waals surface area (Å²) >= 11 is 0. The molecule has 1 aliphatic heterocycles.